The van der Waals surface area contributed by atoms with Crippen LogP contribution < -0.4 is 10.9 Å². The molecule has 1 aliphatic carbocycles. The average Bonchev–Trinajstić information content (AvgIpc) is 2.96. The number of fused-ring (bicyclic) bond motifs is 1. The molecular formula is C19H25N3O3. The van der Waals surface area contributed by atoms with Gasteiger partial charge >= 0.3 is 0 Å². The molecule has 2 N–H and O–H groups in total. The maximum Gasteiger partial charge on any atom is 0.274 e. The summed E-state index contributed by atoms with van der Waals surface area (Å²) in [6.07, 6.45) is 2.69. The summed E-state index contributed by atoms with van der Waals surface area (Å²) in [5, 5.41) is 18.1. The second kappa shape index (κ2) is 6.59. The largest absolute Gasteiger partial charge is 0.396 e. The second-order valence-corrected chi connectivity index (χ2v) is 7.47. The molecule has 25 heavy (non-hydrogen) atoms. The van der Waals surface area contributed by atoms with E-state index in [4.69, 9.17) is 0 Å². The molecule has 1 amide bonds. The molecule has 3 rings (SSSR count). The van der Waals surface area contributed by atoms with Crippen molar-refractivity contribution in [1.29, 1.82) is 0 Å². The van der Waals surface area contributed by atoms with Gasteiger partial charge in [0.2, 0.25) is 0 Å². The van der Waals surface area contributed by atoms with Gasteiger partial charge < -0.3 is 10.4 Å². The Morgan fingerprint density at radius 1 is 1.40 bits per heavy atom. The summed E-state index contributed by atoms with van der Waals surface area (Å²) in [6.45, 7) is 5.76. The highest BCUT2D eigenvalue weighted by molar-refractivity contribution is 6.04. The average molecular weight is 343 g/mol. The van der Waals surface area contributed by atoms with Crippen molar-refractivity contribution in [2.75, 3.05) is 6.61 Å². The quantitative estimate of drug-likeness (QED) is 0.892. The van der Waals surface area contributed by atoms with E-state index in [-0.39, 0.29) is 41.3 Å². The van der Waals surface area contributed by atoms with E-state index in [0.29, 0.717) is 10.8 Å². The summed E-state index contributed by atoms with van der Waals surface area (Å²) in [5.74, 6) is -0.294. The highest BCUT2D eigenvalue weighted by Crippen LogP contribution is 2.37. The number of aromatic nitrogens is 2. The summed E-state index contributed by atoms with van der Waals surface area (Å²) < 4.78 is 1.36. The van der Waals surface area contributed by atoms with E-state index in [1.165, 1.54) is 4.68 Å². The van der Waals surface area contributed by atoms with Gasteiger partial charge in [0.05, 0.1) is 18.0 Å². The molecule has 0 radical (unpaired) electrons. The molecule has 0 saturated heterocycles. The molecule has 6 heteroatoms. The van der Waals surface area contributed by atoms with E-state index in [9.17, 15) is 14.7 Å². The number of carbonyl (C=O) groups excluding carboxylic acids is 1. The molecule has 0 bridgehead atoms. The fraction of sp³-hybridized carbons (Fsp3) is 0.526. The van der Waals surface area contributed by atoms with Gasteiger partial charge in [-0.25, -0.2) is 4.68 Å². The Kier molecular flexibility index (Phi) is 4.64. The van der Waals surface area contributed by atoms with Crippen LogP contribution in [-0.2, 0) is 0 Å². The number of hydrogen-bond acceptors (Lipinski definition) is 4. The monoisotopic (exact) mass is 343 g/mol. The van der Waals surface area contributed by atoms with Crippen molar-refractivity contribution in [3.8, 4) is 0 Å². The van der Waals surface area contributed by atoms with Gasteiger partial charge in [-0.2, -0.15) is 5.10 Å². The number of nitrogens with one attached hydrogen (secondary N) is 1. The zero-order chi connectivity index (χ0) is 18.2. The van der Waals surface area contributed by atoms with Crippen LogP contribution in [0.3, 0.4) is 0 Å². The molecule has 6 nitrogen and oxygen atoms in total. The maximum absolute atomic E-state index is 12.9. The molecule has 1 aromatic carbocycles. The fourth-order valence-corrected chi connectivity index (χ4v) is 3.62. The van der Waals surface area contributed by atoms with Gasteiger partial charge in [-0.3, -0.25) is 9.59 Å². The van der Waals surface area contributed by atoms with E-state index >= 15 is 0 Å². The first-order chi connectivity index (χ1) is 11.9. The van der Waals surface area contributed by atoms with E-state index in [1.54, 1.807) is 24.3 Å². The van der Waals surface area contributed by atoms with E-state index in [1.807, 2.05) is 20.8 Å². The van der Waals surface area contributed by atoms with Crippen molar-refractivity contribution < 1.29 is 9.90 Å². The Balaban J connectivity index is 2.04. The first kappa shape index (κ1) is 17.6. The van der Waals surface area contributed by atoms with Crippen LogP contribution in [0.4, 0.5) is 0 Å². The summed E-state index contributed by atoms with van der Waals surface area (Å²) in [5.41, 5.74) is -0.239. The summed E-state index contributed by atoms with van der Waals surface area (Å²) in [6, 6.07) is 6.83. The lowest BCUT2D eigenvalue weighted by molar-refractivity contribution is 0.0825. The van der Waals surface area contributed by atoms with Crippen LogP contribution in [0.5, 0.6) is 0 Å². The molecule has 0 spiro atoms. The Bertz CT molecular complexity index is 859. The Morgan fingerprint density at radius 3 is 2.72 bits per heavy atom. The minimum atomic E-state index is -0.308. The number of benzene rings is 1. The van der Waals surface area contributed by atoms with E-state index < -0.39 is 0 Å². The lowest BCUT2D eigenvalue weighted by Crippen LogP contribution is -2.45. The number of aliphatic hydroxyl groups excluding tert-OH is 1. The van der Waals surface area contributed by atoms with Gasteiger partial charge in [0.1, 0.15) is 0 Å². The number of carbonyl (C=O) groups is 1. The number of hydrogen-bond donors (Lipinski definition) is 2. The van der Waals surface area contributed by atoms with Crippen molar-refractivity contribution in [1.82, 2.24) is 15.1 Å². The molecule has 0 aliphatic heterocycles. The van der Waals surface area contributed by atoms with Crippen molar-refractivity contribution in [2.24, 2.45) is 5.41 Å². The van der Waals surface area contributed by atoms with Gasteiger partial charge in [-0.15, -0.1) is 0 Å². The van der Waals surface area contributed by atoms with Crippen LogP contribution in [0.15, 0.2) is 29.1 Å². The summed E-state index contributed by atoms with van der Waals surface area (Å²) >= 11 is 0. The number of rotatable bonds is 4. The third-order valence-electron chi connectivity index (χ3n) is 5.28. The van der Waals surface area contributed by atoms with Gasteiger partial charge in [-0.05, 0) is 32.8 Å². The van der Waals surface area contributed by atoms with Crippen molar-refractivity contribution >= 4 is 16.7 Å². The molecule has 1 aromatic heterocycles. The Labute approximate surface area is 146 Å². The predicted molar refractivity (Wildman–Crippen MR) is 96.7 cm³/mol. The first-order valence-corrected chi connectivity index (χ1v) is 8.80. The Morgan fingerprint density at radius 2 is 2.08 bits per heavy atom. The summed E-state index contributed by atoms with van der Waals surface area (Å²) in [4.78, 5) is 25.5. The number of amides is 1. The second-order valence-electron chi connectivity index (χ2n) is 7.47. The molecule has 1 heterocycles. The molecule has 2 unspecified atom stereocenters. The molecule has 1 fully saturated rings. The lowest BCUT2D eigenvalue weighted by atomic mass is 9.85. The third kappa shape index (κ3) is 3.06. The smallest absolute Gasteiger partial charge is 0.274 e. The molecule has 2 aromatic rings. The lowest BCUT2D eigenvalue weighted by Gasteiger charge is -2.30. The zero-order valence-corrected chi connectivity index (χ0v) is 15.0. The van der Waals surface area contributed by atoms with Crippen LogP contribution in [0.2, 0.25) is 0 Å². The van der Waals surface area contributed by atoms with Gasteiger partial charge in [0, 0.05) is 16.8 Å². The van der Waals surface area contributed by atoms with Crippen LogP contribution in [0.1, 0.15) is 56.6 Å². The van der Waals surface area contributed by atoms with Crippen LogP contribution in [-0.4, -0.2) is 33.4 Å². The maximum atomic E-state index is 12.9. The van der Waals surface area contributed by atoms with Crippen LogP contribution >= 0.6 is 0 Å². The Hall–Kier alpha value is -2.21. The van der Waals surface area contributed by atoms with E-state index in [0.717, 1.165) is 19.3 Å². The van der Waals surface area contributed by atoms with Crippen molar-refractivity contribution in [2.45, 2.75) is 52.1 Å². The van der Waals surface area contributed by atoms with Crippen LogP contribution in [0.25, 0.3) is 10.8 Å². The van der Waals surface area contributed by atoms with E-state index in [2.05, 4.69) is 10.4 Å². The van der Waals surface area contributed by atoms with Gasteiger partial charge in [0.15, 0.2) is 5.69 Å². The third-order valence-corrected chi connectivity index (χ3v) is 5.28. The highest BCUT2D eigenvalue weighted by atomic mass is 16.3. The topological polar surface area (TPSA) is 84.2 Å². The number of aliphatic hydroxyl groups is 1. The van der Waals surface area contributed by atoms with Crippen LogP contribution in [0, 0.1) is 5.41 Å². The van der Waals surface area contributed by atoms with Gasteiger partial charge in [0.25, 0.3) is 11.5 Å². The van der Waals surface area contributed by atoms with Crippen molar-refractivity contribution in [3.63, 3.8) is 0 Å². The molecule has 1 aliphatic rings. The number of nitrogens with zero attached hydrogens (tertiary/aromatic N) is 2. The molecular weight excluding hydrogens is 318 g/mol. The standard InChI is InChI=1S/C19H25N3O3/c1-12(2)22-18(25)14-8-5-4-7-13(14)16(21-22)17(24)20-15-9-6-10-19(15,3)11-23/h4-5,7-8,12,15,23H,6,9-11H2,1-3H3,(H,20,24). The van der Waals surface area contributed by atoms with Gasteiger partial charge in [-0.1, -0.05) is 31.5 Å². The fourth-order valence-electron chi connectivity index (χ4n) is 3.62. The first-order valence-electron chi connectivity index (χ1n) is 8.80. The van der Waals surface area contributed by atoms with Crippen molar-refractivity contribution in [3.05, 3.63) is 40.3 Å². The highest BCUT2D eigenvalue weighted by Gasteiger charge is 2.39. The molecule has 1 saturated carbocycles. The molecule has 2 atom stereocenters. The SMILES string of the molecule is CC(C)n1nc(C(=O)NC2CCCC2(C)CO)c2ccccc2c1=O. The molecule has 134 valence electrons. The predicted octanol–water partition coefficient (Wildman–Crippen LogP) is 2.26. The normalized spacial score (nSPS) is 23.3. The summed E-state index contributed by atoms with van der Waals surface area (Å²) in [7, 11) is 0. The minimum Gasteiger partial charge on any atom is -0.396 e. The zero-order valence-electron chi connectivity index (χ0n) is 15.0. The minimum absolute atomic E-state index is 0.0393.